The molecule has 19 heavy (non-hydrogen) atoms. The molecule has 0 aliphatic heterocycles. The first-order valence-electron chi connectivity index (χ1n) is 6.03. The third-order valence-electron chi connectivity index (χ3n) is 3.01. The molecule has 0 radical (unpaired) electrons. The van der Waals surface area contributed by atoms with Gasteiger partial charge in [-0.25, -0.2) is 4.98 Å². The Bertz CT molecular complexity index is 689. The lowest BCUT2D eigenvalue weighted by Gasteiger charge is -2.08. The normalized spacial score (nSPS) is 11.1. The minimum absolute atomic E-state index is 0.0713. The highest BCUT2D eigenvalue weighted by Crippen LogP contribution is 2.32. The Morgan fingerprint density at radius 1 is 1.32 bits per heavy atom. The summed E-state index contributed by atoms with van der Waals surface area (Å²) in [5.74, 6) is 1.66. The molecular weight excluding hydrogens is 260 g/mol. The zero-order valence-corrected chi connectivity index (χ0v) is 11.4. The van der Waals surface area contributed by atoms with Crippen LogP contribution in [0.25, 0.3) is 21.7 Å². The first kappa shape index (κ1) is 12.2. The molecular formula is C14H14N2O2S. The van der Waals surface area contributed by atoms with Crippen molar-refractivity contribution in [2.75, 3.05) is 13.7 Å². The highest BCUT2D eigenvalue weighted by atomic mass is 32.1. The van der Waals surface area contributed by atoms with Gasteiger partial charge in [-0.1, -0.05) is 12.1 Å². The van der Waals surface area contributed by atoms with Crippen molar-refractivity contribution in [3.05, 3.63) is 35.7 Å². The summed E-state index contributed by atoms with van der Waals surface area (Å²) in [7, 11) is 1.65. The molecule has 0 saturated heterocycles. The number of rotatable bonds is 4. The standard InChI is InChI=1S/C14H14N2O2S/c1-18-11-5-2-4-10-13(11)16(7-8-17)14(15-10)12-6-3-9-19-12/h2-6,9,17H,7-8H2,1H3. The van der Waals surface area contributed by atoms with E-state index < -0.39 is 0 Å². The van der Waals surface area contributed by atoms with Crippen molar-refractivity contribution in [2.24, 2.45) is 0 Å². The molecule has 3 aromatic rings. The molecule has 1 aromatic carbocycles. The number of aliphatic hydroxyl groups excluding tert-OH is 1. The van der Waals surface area contributed by atoms with E-state index in [0.717, 1.165) is 27.5 Å². The number of benzene rings is 1. The molecule has 0 atom stereocenters. The minimum atomic E-state index is 0.0713. The lowest BCUT2D eigenvalue weighted by Crippen LogP contribution is -2.04. The molecule has 0 unspecified atom stereocenters. The maximum Gasteiger partial charge on any atom is 0.151 e. The molecule has 1 N–H and O–H groups in total. The summed E-state index contributed by atoms with van der Waals surface area (Å²) < 4.78 is 7.42. The van der Waals surface area contributed by atoms with Gasteiger partial charge in [-0.15, -0.1) is 11.3 Å². The summed E-state index contributed by atoms with van der Waals surface area (Å²) >= 11 is 1.64. The van der Waals surface area contributed by atoms with Crippen molar-refractivity contribution < 1.29 is 9.84 Å². The zero-order chi connectivity index (χ0) is 13.2. The molecule has 0 saturated carbocycles. The van der Waals surface area contributed by atoms with Crippen LogP contribution in [0.5, 0.6) is 5.75 Å². The fraction of sp³-hybridized carbons (Fsp3) is 0.214. The third-order valence-corrected chi connectivity index (χ3v) is 3.88. The molecule has 4 nitrogen and oxygen atoms in total. The highest BCUT2D eigenvalue weighted by Gasteiger charge is 2.16. The van der Waals surface area contributed by atoms with Crippen LogP contribution in [0, 0.1) is 0 Å². The van der Waals surface area contributed by atoms with Crippen LogP contribution in [0.1, 0.15) is 0 Å². The molecule has 0 aliphatic rings. The minimum Gasteiger partial charge on any atom is -0.494 e. The Morgan fingerprint density at radius 2 is 2.21 bits per heavy atom. The summed E-state index contributed by atoms with van der Waals surface area (Å²) in [6.07, 6.45) is 0. The quantitative estimate of drug-likeness (QED) is 0.795. The van der Waals surface area contributed by atoms with Gasteiger partial charge in [0.25, 0.3) is 0 Å². The van der Waals surface area contributed by atoms with E-state index in [-0.39, 0.29) is 6.61 Å². The van der Waals surface area contributed by atoms with Gasteiger partial charge < -0.3 is 14.4 Å². The molecule has 2 aromatic heterocycles. The van der Waals surface area contributed by atoms with E-state index in [1.54, 1.807) is 18.4 Å². The number of aliphatic hydroxyl groups is 1. The van der Waals surface area contributed by atoms with Gasteiger partial charge in [-0.2, -0.15) is 0 Å². The number of para-hydroxylation sites is 1. The number of imidazole rings is 1. The number of hydrogen-bond acceptors (Lipinski definition) is 4. The number of aromatic nitrogens is 2. The second kappa shape index (κ2) is 5.03. The van der Waals surface area contributed by atoms with Crippen LogP contribution in [-0.2, 0) is 6.54 Å². The molecule has 0 fully saturated rings. The van der Waals surface area contributed by atoms with Crippen molar-refractivity contribution in [2.45, 2.75) is 6.54 Å². The lowest BCUT2D eigenvalue weighted by molar-refractivity contribution is 0.278. The molecule has 0 amide bonds. The molecule has 3 rings (SSSR count). The van der Waals surface area contributed by atoms with E-state index in [1.165, 1.54) is 0 Å². The van der Waals surface area contributed by atoms with Gasteiger partial charge in [0.05, 0.1) is 24.1 Å². The maximum absolute atomic E-state index is 9.30. The lowest BCUT2D eigenvalue weighted by atomic mass is 10.3. The number of methoxy groups -OCH3 is 1. The monoisotopic (exact) mass is 274 g/mol. The largest absolute Gasteiger partial charge is 0.494 e. The SMILES string of the molecule is COc1cccc2nc(-c3cccs3)n(CCO)c12. The average molecular weight is 274 g/mol. The fourth-order valence-electron chi connectivity index (χ4n) is 2.23. The van der Waals surface area contributed by atoms with Crippen LogP contribution in [0.3, 0.4) is 0 Å². The van der Waals surface area contributed by atoms with Gasteiger partial charge in [0, 0.05) is 6.54 Å². The number of ether oxygens (including phenoxy) is 1. The Labute approximate surface area is 114 Å². The zero-order valence-electron chi connectivity index (χ0n) is 10.5. The van der Waals surface area contributed by atoms with Crippen molar-refractivity contribution in [1.29, 1.82) is 0 Å². The number of nitrogens with zero attached hydrogens (tertiary/aromatic N) is 2. The van der Waals surface area contributed by atoms with Crippen LogP contribution < -0.4 is 4.74 Å². The smallest absolute Gasteiger partial charge is 0.151 e. The van der Waals surface area contributed by atoms with Gasteiger partial charge in [0.15, 0.2) is 5.82 Å². The van der Waals surface area contributed by atoms with Gasteiger partial charge in [-0.05, 0) is 23.6 Å². The van der Waals surface area contributed by atoms with E-state index in [2.05, 4.69) is 4.98 Å². The summed E-state index contributed by atoms with van der Waals surface area (Å²) in [4.78, 5) is 5.75. The van der Waals surface area contributed by atoms with E-state index >= 15 is 0 Å². The first-order valence-corrected chi connectivity index (χ1v) is 6.91. The highest BCUT2D eigenvalue weighted by molar-refractivity contribution is 7.13. The number of thiophene rings is 1. The molecule has 2 heterocycles. The number of hydrogen-bond donors (Lipinski definition) is 1. The van der Waals surface area contributed by atoms with E-state index in [4.69, 9.17) is 4.74 Å². The van der Waals surface area contributed by atoms with Crippen LogP contribution in [0.2, 0.25) is 0 Å². The van der Waals surface area contributed by atoms with Gasteiger partial charge in [0.1, 0.15) is 11.3 Å². The predicted molar refractivity (Wildman–Crippen MR) is 76.7 cm³/mol. The summed E-state index contributed by atoms with van der Waals surface area (Å²) in [6.45, 7) is 0.575. The van der Waals surface area contributed by atoms with Crippen molar-refractivity contribution in [1.82, 2.24) is 9.55 Å². The van der Waals surface area contributed by atoms with Crippen LogP contribution in [-0.4, -0.2) is 28.4 Å². The van der Waals surface area contributed by atoms with Crippen molar-refractivity contribution in [3.8, 4) is 16.5 Å². The van der Waals surface area contributed by atoms with Gasteiger partial charge in [0.2, 0.25) is 0 Å². The maximum atomic E-state index is 9.30. The summed E-state index contributed by atoms with van der Waals surface area (Å²) in [5, 5.41) is 11.3. The predicted octanol–water partition coefficient (Wildman–Crippen LogP) is 2.77. The second-order valence-corrected chi connectivity index (χ2v) is 5.06. The Balaban J connectivity index is 2.30. The molecule has 98 valence electrons. The van der Waals surface area contributed by atoms with E-state index in [0.29, 0.717) is 6.54 Å². The first-order chi connectivity index (χ1) is 9.35. The molecule has 0 spiro atoms. The summed E-state index contributed by atoms with van der Waals surface area (Å²) in [6, 6.07) is 9.83. The summed E-state index contributed by atoms with van der Waals surface area (Å²) in [5.41, 5.74) is 1.82. The Hall–Kier alpha value is -1.85. The van der Waals surface area contributed by atoms with Crippen LogP contribution >= 0.6 is 11.3 Å². The van der Waals surface area contributed by atoms with Crippen molar-refractivity contribution >= 4 is 22.4 Å². The number of fused-ring (bicyclic) bond motifs is 1. The molecule has 5 heteroatoms. The van der Waals surface area contributed by atoms with E-state index in [1.807, 2.05) is 40.3 Å². The molecule has 0 aliphatic carbocycles. The van der Waals surface area contributed by atoms with E-state index in [9.17, 15) is 5.11 Å². The topological polar surface area (TPSA) is 47.3 Å². The Morgan fingerprint density at radius 3 is 2.89 bits per heavy atom. The molecule has 0 bridgehead atoms. The fourth-order valence-corrected chi connectivity index (χ4v) is 2.95. The van der Waals surface area contributed by atoms with Gasteiger partial charge in [-0.3, -0.25) is 0 Å². The van der Waals surface area contributed by atoms with Crippen LogP contribution in [0.15, 0.2) is 35.7 Å². The average Bonchev–Trinajstić information content (AvgIpc) is 3.06. The van der Waals surface area contributed by atoms with Crippen LogP contribution in [0.4, 0.5) is 0 Å². The van der Waals surface area contributed by atoms with Crippen molar-refractivity contribution in [3.63, 3.8) is 0 Å². The second-order valence-electron chi connectivity index (χ2n) is 4.12. The Kier molecular flexibility index (Phi) is 3.23. The third kappa shape index (κ3) is 2.01. The van der Waals surface area contributed by atoms with Gasteiger partial charge >= 0.3 is 0 Å².